The summed E-state index contributed by atoms with van der Waals surface area (Å²) >= 11 is 0. The summed E-state index contributed by atoms with van der Waals surface area (Å²) in [6, 6.07) is 5.51. The number of carbonyl (C=O) groups is 1. The van der Waals surface area contributed by atoms with E-state index >= 15 is 0 Å². The summed E-state index contributed by atoms with van der Waals surface area (Å²) in [5, 5.41) is 0. The fourth-order valence-corrected chi connectivity index (χ4v) is 3.61. The van der Waals surface area contributed by atoms with E-state index in [1.54, 1.807) is 25.1 Å². The van der Waals surface area contributed by atoms with E-state index in [1.165, 1.54) is 34.5 Å². The van der Waals surface area contributed by atoms with Crippen molar-refractivity contribution >= 4 is 23.2 Å². The van der Waals surface area contributed by atoms with Crippen molar-refractivity contribution in [3.63, 3.8) is 0 Å². The van der Waals surface area contributed by atoms with Gasteiger partial charge < -0.3 is 18.9 Å². The van der Waals surface area contributed by atoms with Gasteiger partial charge in [0.25, 0.3) is 0 Å². The van der Waals surface area contributed by atoms with Crippen molar-refractivity contribution in [1.82, 2.24) is 0 Å². The molecule has 0 bridgehead atoms. The molecular formula is C23H22F2O5. The zero-order chi connectivity index (χ0) is 22.0. The molecule has 0 unspecified atom stereocenters. The van der Waals surface area contributed by atoms with Gasteiger partial charge in [-0.15, -0.1) is 0 Å². The summed E-state index contributed by atoms with van der Waals surface area (Å²) in [6.45, 7) is 1.76. The van der Waals surface area contributed by atoms with Gasteiger partial charge in [0.2, 0.25) is 5.75 Å². The quantitative estimate of drug-likeness (QED) is 0.628. The smallest absolute Gasteiger partial charge is 0.310 e. The highest BCUT2D eigenvalue weighted by Gasteiger charge is 2.29. The first kappa shape index (κ1) is 21.4. The number of benzene rings is 2. The lowest BCUT2D eigenvalue weighted by molar-refractivity contribution is -0.139. The highest BCUT2D eigenvalue weighted by Crippen LogP contribution is 2.46. The summed E-state index contributed by atoms with van der Waals surface area (Å²) in [6.07, 6.45) is 1.65. The van der Waals surface area contributed by atoms with Crippen LogP contribution in [0.25, 0.3) is 17.2 Å². The lowest BCUT2D eigenvalue weighted by Gasteiger charge is -2.13. The van der Waals surface area contributed by atoms with Gasteiger partial charge in [-0.25, -0.2) is 8.78 Å². The summed E-state index contributed by atoms with van der Waals surface area (Å²) < 4.78 is 49.6. The third kappa shape index (κ3) is 3.75. The zero-order valence-corrected chi connectivity index (χ0v) is 17.4. The number of halogens is 2. The normalized spacial score (nSPS) is 14.0. The number of fused-ring (bicyclic) bond motifs is 1. The molecule has 0 radical (unpaired) electrons. The van der Waals surface area contributed by atoms with Gasteiger partial charge in [0, 0.05) is 11.6 Å². The number of hydrogen-bond acceptors (Lipinski definition) is 5. The van der Waals surface area contributed by atoms with Crippen LogP contribution in [0.2, 0.25) is 0 Å². The topological polar surface area (TPSA) is 54.0 Å². The molecule has 0 heterocycles. The van der Waals surface area contributed by atoms with Crippen LogP contribution in [0.3, 0.4) is 0 Å². The van der Waals surface area contributed by atoms with Gasteiger partial charge in [0.1, 0.15) is 11.6 Å². The van der Waals surface area contributed by atoms with Gasteiger partial charge in [-0.05, 0) is 59.0 Å². The van der Waals surface area contributed by atoms with Crippen molar-refractivity contribution < 1.29 is 32.5 Å². The summed E-state index contributed by atoms with van der Waals surface area (Å²) in [4.78, 5) is 11.9. The molecule has 158 valence electrons. The van der Waals surface area contributed by atoms with Gasteiger partial charge >= 0.3 is 5.97 Å². The molecule has 7 heteroatoms. The van der Waals surface area contributed by atoms with Gasteiger partial charge in [-0.2, -0.15) is 0 Å². The maximum absolute atomic E-state index is 14.8. The van der Waals surface area contributed by atoms with Crippen molar-refractivity contribution in [2.45, 2.75) is 13.3 Å². The summed E-state index contributed by atoms with van der Waals surface area (Å²) in [5.41, 5.74) is 2.96. The van der Waals surface area contributed by atoms with Crippen LogP contribution < -0.4 is 14.2 Å². The van der Waals surface area contributed by atoms with Crippen LogP contribution in [-0.2, 0) is 9.53 Å². The van der Waals surface area contributed by atoms with Crippen LogP contribution in [0, 0.1) is 11.6 Å². The number of carbonyl (C=O) groups excluding carboxylic acids is 1. The van der Waals surface area contributed by atoms with Crippen molar-refractivity contribution in [2.24, 2.45) is 0 Å². The van der Waals surface area contributed by atoms with Gasteiger partial charge in [0.15, 0.2) is 11.5 Å². The van der Waals surface area contributed by atoms with Crippen LogP contribution in [0.4, 0.5) is 8.78 Å². The molecule has 30 heavy (non-hydrogen) atoms. The molecule has 0 aliphatic heterocycles. The van der Waals surface area contributed by atoms with E-state index in [4.69, 9.17) is 18.9 Å². The van der Waals surface area contributed by atoms with E-state index in [9.17, 15) is 13.6 Å². The highest BCUT2D eigenvalue weighted by atomic mass is 19.1. The molecule has 3 rings (SSSR count). The third-order valence-corrected chi connectivity index (χ3v) is 5.05. The van der Waals surface area contributed by atoms with E-state index in [-0.39, 0.29) is 12.0 Å². The summed E-state index contributed by atoms with van der Waals surface area (Å²) in [5.74, 6) is -0.593. The minimum Gasteiger partial charge on any atom is -0.493 e. The van der Waals surface area contributed by atoms with Crippen molar-refractivity contribution in [3.05, 3.63) is 58.2 Å². The van der Waals surface area contributed by atoms with Crippen molar-refractivity contribution in [3.8, 4) is 17.2 Å². The molecule has 1 aliphatic rings. The molecule has 0 spiro atoms. The maximum Gasteiger partial charge on any atom is 0.310 e. The Balaban J connectivity index is 2.23. The van der Waals surface area contributed by atoms with Crippen LogP contribution in [-0.4, -0.2) is 34.4 Å². The van der Waals surface area contributed by atoms with E-state index in [1.807, 2.05) is 0 Å². The van der Waals surface area contributed by atoms with E-state index < -0.39 is 17.6 Å². The van der Waals surface area contributed by atoms with Gasteiger partial charge in [0.05, 0.1) is 34.9 Å². The average Bonchev–Trinajstić information content (AvgIpc) is 2.98. The first-order chi connectivity index (χ1) is 14.3. The van der Waals surface area contributed by atoms with E-state index in [0.29, 0.717) is 45.1 Å². The molecule has 0 N–H and O–H groups in total. The predicted octanol–water partition coefficient (Wildman–Crippen LogP) is 4.88. The first-order valence-corrected chi connectivity index (χ1v) is 9.13. The maximum atomic E-state index is 14.8. The molecule has 0 saturated heterocycles. The van der Waals surface area contributed by atoms with E-state index in [2.05, 4.69) is 0 Å². The Morgan fingerprint density at radius 3 is 2.13 bits per heavy atom. The Hall–Kier alpha value is -3.35. The number of ether oxygens (including phenoxy) is 4. The highest BCUT2D eigenvalue weighted by molar-refractivity contribution is 6.08. The number of hydrogen-bond donors (Lipinski definition) is 0. The van der Waals surface area contributed by atoms with Gasteiger partial charge in [-0.1, -0.05) is 0 Å². The van der Waals surface area contributed by atoms with Crippen molar-refractivity contribution in [1.29, 1.82) is 0 Å². The molecular weight excluding hydrogens is 394 g/mol. The molecule has 2 aromatic rings. The molecule has 2 aromatic carbocycles. The summed E-state index contributed by atoms with van der Waals surface area (Å²) in [7, 11) is 5.77. The molecule has 0 saturated carbocycles. The molecule has 0 fully saturated rings. The molecule has 0 amide bonds. The SMILES string of the molecule is COC(=O)CC1=C(C)C(=Cc2cc(OC)c(OC)c(OC)c2)c2c(F)cc(F)cc21. The molecule has 1 aliphatic carbocycles. The fraction of sp³-hybridized carbons (Fsp3) is 0.261. The fourth-order valence-electron chi connectivity index (χ4n) is 3.61. The number of allylic oxidation sites excluding steroid dienone is 2. The second kappa shape index (κ2) is 8.57. The van der Waals surface area contributed by atoms with Crippen LogP contribution in [0.1, 0.15) is 30.0 Å². The number of rotatable bonds is 6. The van der Waals surface area contributed by atoms with E-state index in [0.717, 1.165) is 6.07 Å². The third-order valence-electron chi connectivity index (χ3n) is 5.05. The Bertz CT molecular complexity index is 1040. The Labute approximate surface area is 173 Å². The standard InChI is InChI=1S/C23H22F2O5/c1-12-15(11-21(26)29-4)17-9-14(24)10-18(25)22(17)16(12)6-13-7-19(27-2)23(30-5)20(8-13)28-3/h6-10H,11H2,1-5H3. The molecule has 5 nitrogen and oxygen atoms in total. The second-order valence-corrected chi connectivity index (χ2v) is 6.68. The Morgan fingerprint density at radius 2 is 1.60 bits per heavy atom. The lowest BCUT2D eigenvalue weighted by atomic mass is 9.99. The second-order valence-electron chi connectivity index (χ2n) is 6.68. The first-order valence-electron chi connectivity index (χ1n) is 9.13. The average molecular weight is 416 g/mol. The van der Waals surface area contributed by atoms with Crippen LogP contribution in [0.15, 0.2) is 29.8 Å². The van der Waals surface area contributed by atoms with Crippen molar-refractivity contribution in [2.75, 3.05) is 28.4 Å². The number of methoxy groups -OCH3 is 4. The minimum absolute atomic E-state index is 0.0924. The Kier molecular flexibility index (Phi) is 6.10. The lowest BCUT2D eigenvalue weighted by Crippen LogP contribution is -2.02. The van der Waals surface area contributed by atoms with Crippen LogP contribution in [0.5, 0.6) is 17.2 Å². The predicted molar refractivity (Wildman–Crippen MR) is 110 cm³/mol. The largest absolute Gasteiger partial charge is 0.493 e. The Morgan fingerprint density at radius 1 is 0.967 bits per heavy atom. The monoisotopic (exact) mass is 416 g/mol. The molecule has 0 atom stereocenters. The minimum atomic E-state index is -0.713. The zero-order valence-electron chi connectivity index (χ0n) is 17.4. The van der Waals surface area contributed by atoms with Crippen LogP contribution >= 0.6 is 0 Å². The molecule has 0 aromatic heterocycles. The number of esters is 1. The van der Waals surface area contributed by atoms with Gasteiger partial charge in [-0.3, -0.25) is 4.79 Å².